The Labute approximate surface area is 163 Å². The van der Waals surface area contributed by atoms with Crippen LogP contribution in [0.15, 0.2) is 36.4 Å². The number of fused-ring (bicyclic) bond motifs is 1. The van der Waals surface area contributed by atoms with Crippen molar-refractivity contribution in [1.82, 2.24) is 0 Å². The summed E-state index contributed by atoms with van der Waals surface area (Å²) >= 11 is 0. The summed E-state index contributed by atoms with van der Waals surface area (Å²) in [5.74, 6) is 1.66. The zero-order valence-electron chi connectivity index (χ0n) is 11.6. The largest absolute Gasteiger partial charge is 1.00 e. The van der Waals surface area contributed by atoms with E-state index in [0.717, 1.165) is 17.1 Å². The molecule has 3 rings (SSSR count). The zero-order valence-corrected chi connectivity index (χ0v) is 16.5. The zero-order chi connectivity index (χ0) is 12.5. The van der Waals surface area contributed by atoms with E-state index in [-0.39, 0.29) is 65.1 Å². The van der Waals surface area contributed by atoms with Gasteiger partial charge in [-0.25, -0.2) is 0 Å². The van der Waals surface area contributed by atoms with Gasteiger partial charge in [0.2, 0.25) is 0 Å². The molecule has 4 heteroatoms. The van der Waals surface area contributed by atoms with Crippen molar-refractivity contribution in [1.29, 1.82) is 0 Å². The molecule has 0 fully saturated rings. The molecule has 0 saturated carbocycles. The molecule has 1 aliphatic heterocycles. The Hall–Kier alpha value is 0.0701. The molecule has 0 aromatic heterocycles. The van der Waals surface area contributed by atoms with Gasteiger partial charge in [0.05, 0.1) is 6.61 Å². The maximum absolute atomic E-state index is 5.81. The molecule has 2 nitrogen and oxygen atoms in total. The summed E-state index contributed by atoms with van der Waals surface area (Å²) in [7, 11) is 0. The third-order valence-corrected chi connectivity index (χ3v) is 3.22. The van der Waals surface area contributed by atoms with E-state index in [4.69, 9.17) is 9.39 Å². The van der Waals surface area contributed by atoms with Crippen LogP contribution in [0.3, 0.4) is 0 Å². The standard InChI is InChI=1S/C15H14BO2.Rb/c1-11-3-5-13(6-4-11)18-14-7-8-15-12(9-14)10-17-16(15)2;/h3,5-9H,10H2,1-2H3;/q-1;+1. The van der Waals surface area contributed by atoms with Crippen LogP contribution < -0.4 is 68.4 Å². The molecule has 0 atom stereocenters. The van der Waals surface area contributed by atoms with Crippen molar-refractivity contribution < 1.29 is 67.6 Å². The number of hydrogen-bond donors (Lipinski definition) is 0. The smallest absolute Gasteiger partial charge is 0.517 e. The SMILES string of the molecule is CB1OCc2cc(Oc3c[c-]c(C)cc3)ccc21.[Rb+]. The molecular formula is C15H14BO2Rb. The Bertz CT molecular complexity index is 569. The minimum absolute atomic E-state index is 0. The van der Waals surface area contributed by atoms with Crippen LogP contribution in [-0.4, -0.2) is 6.92 Å². The van der Waals surface area contributed by atoms with Crippen LogP contribution in [0.5, 0.6) is 11.5 Å². The van der Waals surface area contributed by atoms with Gasteiger partial charge in [-0.1, -0.05) is 19.8 Å². The Morgan fingerprint density at radius 1 is 1.21 bits per heavy atom. The van der Waals surface area contributed by atoms with Gasteiger partial charge >= 0.3 is 65.1 Å². The second kappa shape index (κ2) is 6.68. The first-order valence-corrected chi connectivity index (χ1v) is 6.13. The van der Waals surface area contributed by atoms with Gasteiger partial charge in [-0.2, -0.15) is 17.7 Å². The summed E-state index contributed by atoms with van der Waals surface area (Å²) in [4.78, 5) is 0. The Balaban J connectivity index is 0.00000133. The van der Waals surface area contributed by atoms with E-state index in [1.807, 2.05) is 31.2 Å². The Morgan fingerprint density at radius 3 is 2.74 bits per heavy atom. The molecule has 0 bridgehead atoms. The molecule has 2 aromatic rings. The fourth-order valence-electron chi connectivity index (χ4n) is 2.16. The average molecular weight is 323 g/mol. The number of rotatable bonds is 2. The quantitative estimate of drug-likeness (QED) is 0.570. The van der Waals surface area contributed by atoms with Gasteiger partial charge in [0.25, 0.3) is 0 Å². The van der Waals surface area contributed by atoms with E-state index in [2.05, 4.69) is 25.0 Å². The van der Waals surface area contributed by atoms with Gasteiger partial charge < -0.3 is 9.39 Å². The number of hydrogen-bond acceptors (Lipinski definition) is 2. The molecular weight excluding hydrogens is 308 g/mol. The fourth-order valence-corrected chi connectivity index (χ4v) is 2.16. The number of aryl methyl sites for hydroxylation is 1. The second-order valence-electron chi connectivity index (χ2n) is 4.62. The van der Waals surface area contributed by atoms with Crippen LogP contribution in [-0.2, 0) is 11.3 Å². The summed E-state index contributed by atoms with van der Waals surface area (Å²) in [5, 5.41) is 0. The first-order chi connectivity index (χ1) is 8.72. The maximum atomic E-state index is 5.81. The predicted octanol–water partition coefficient (Wildman–Crippen LogP) is -0.0500. The van der Waals surface area contributed by atoms with Gasteiger partial charge in [-0.05, 0) is 23.2 Å². The topological polar surface area (TPSA) is 18.5 Å². The minimum Gasteiger partial charge on any atom is -0.517 e. The van der Waals surface area contributed by atoms with Gasteiger partial charge in [0.15, 0.2) is 0 Å². The van der Waals surface area contributed by atoms with Crippen molar-refractivity contribution in [3.8, 4) is 11.5 Å². The molecule has 1 heterocycles. The van der Waals surface area contributed by atoms with Gasteiger partial charge in [-0.3, -0.25) is 0 Å². The molecule has 0 radical (unpaired) electrons. The monoisotopic (exact) mass is 322 g/mol. The molecule has 0 spiro atoms. The molecule has 0 N–H and O–H groups in total. The molecule has 19 heavy (non-hydrogen) atoms. The summed E-state index contributed by atoms with van der Waals surface area (Å²) < 4.78 is 11.4. The van der Waals surface area contributed by atoms with Gasteiger partial charge in [0, 0.05) is 5.75 Å². The number of benzene rings is 2. The number of ether oxygens (including phenoxy) is 1. The molecule has 90 valence electrons. The first kappa shape index (κ1) is 15.5. The fraction of sp³-hybridized carbons (Fsp3) is 0.200. The summed E-state index contributed by atoms with van der Waals surface area (Å²) in [6.45, 7) is 4.95. The van der Waals surface area contributed by atoms with Crippen molar-refractivity contribution in [2.24, 2.45) is 0 Å². The van der Waals surface area contributed by atoms with Crippen molar-refractivity contribution in [3.63, 3.8) is 0 Å². The van der Waals surface area contributed by atoms with E-state index < -0.39 is 0 Å². The predicted molar refractivity (Wildman–Crippen MR) is 72.6 cm³/mol. The first-order valence-electron chi connectivity index (χ1n) is 6.13. The molecule has 0 aliphatic carbocycles. The van der Waals surface area contributed by atoms with Crippen LogP contribution in [0.4, 0.5) is 0 Å². The van der Waals surface area contributed by atoms with Gasteiger partial charge in [0.1, 0.15) is 5.75 Å². The van der Waals surface area contributed by atoms with Crippen LogP contribution in [0.25, 0.3) is 0 Å². The molecule has 0 saturated heterocycles. The van der Waals surface area contributed by atoms with E-state index >= 15 is 0 Å². The van der Waals surface area contributed by atoms with Crippen LogP contribution in [0.1, 0.15) is 11.1 Å². The van der Waals surface area contributed by atoms with Gasteiger partial charge in [-0.15, -0.1) is 12.1 Å². The molecule has 0 unspecified atom stereocenters. The summed E-state index contributed by atoms with van der Waals surface area (Å²) in [6, 6.07) is 15.1. The summed E-state index contributed by atoms with van der Waals surface area (Å²) in [5.41, 5.74) is 3.59. The average Bonchev–Trinajstić information content (AvgIpc) is 2.74. The van der Waals surface area contributed by atoms with Crippen LogP contribution in [0.2, 0.25) is 6.82 Å². The van der Waals surface area contributed by atoms with E-state index in [9.17, 15) is 0 Å². The Kier molecular flexibility index (Phi) is 5.44. The van der Waals surface area contributed by atoms with Crippen molar-refractivity contribution >= 4 is 12.4 Å². The van der Waals surface area contributed by atoms with E-state index in [0.29, 0.717) is 6.61 Å². The second-order valence-corrected chi connectivity index (χ2v) is 4.62. The normalized spacial score (nSPS) is 12.8. The molecule has 0 amide bonds. The third kappa shape index (κ3) is 3.59. The van der Waals surface area contributed by atoms with Crippen LogP contribution in [0, 0.1) is 13.0 Å². The van der Waals surface area contributed by atoms with E-state index in [1.165, 1.54) is 11.0 Å². The van der Waals surface area contributed by atoms with Crippen LogP contribution >= 0.6 is 0 Å². The van der Waals surface area contributed by atoms with E-state index in [1.54, 1.807) is 0 Å². The third-order valence-electron chi connectivity index (χ3n) is 3.22. The molecule has 2 aromatic carbocycles. The van der Waals surface area contributed by atoms with Crippen molar-refractivity contribution in [2.45, 2.75) is 20.4 Å². The minimum atomic E-state index is 0. The summed E-state index contributed by atoms with van der Waals surface area (Å²) in [6.07, 6.45) is 0. The van der Waals surface area contributed by atoms with Crippen molar-refractivity contribution in [3.05, 3.63) is 53.6 Å². The molecule has 1 aliphatic rings. The van der Waals surface area contributed by atoms with Crippen molar-refractivity contribution in [2.75, 3.05) is 0 Å². The Morgan fingerprint density at radius 2 is 2.00 bits per heavy atom. The maximum Gasteiger partial charge on any atom is 1.00 e.